The highest BCUT2D eigenvalue weighted by molar-refractivity contribution is 5.92. The van der Waals surface area contributed by atoms with Gasteiger partial charge in [0.1, 0.15) is 24.7 Å². The number of rotatable bonds is 10. The standard InChI is InChI=1S/C17H25N3O6/c1-24-16-6-5-14(25-11-12-26-20(22)23)13-15(16)18-17(21)7-10-19-8-3-2-4-9-19/h5-6,13H,2-4,7-12H2,1H3,(H,18,21). The minimum Gasteiger partial charge on any atom is -0.495 e. The Morgan fingerprint density at radius 3 is 2.73 bits per heavy atom. The molecule has 0 aromatic heterocycles. The van der Waals surface area contributed by atoms with Crippen LogP contribution >= 0.6 is 0 Å². The van der Waals surface area contributed by atoms with Gasteiger partial charge in [-0.2, -0.15) is 0 Å². The number of likely N-dealkylation sites (tertiary alicyclic amines) is 1. The lowest BCUT2D eigenvalue weighted by Crippen LogP contribution is -2.32. The molecular weight excluding hydrogens is 342 g/mol. The van der Waals surface area contributed by atoms with E-state index in [4.69, 9.17) is 9.47 Å². The molecule has 144 valence electrons. The fourth-order valence-corrected chi connectivity index (χ4v) is 2.80. The first kappa shape index (κ1) is 19.8. The van der Waals surface area contributed by atoms with Gasteiger partial charge in [0.25, 0.3) is 5.09 Å². The van der Waals surface area contributed by atoms with Gasteiger partial charge < -0.3 is 24.5 Å². The third kappa shape index (κ3) is 6.75. The van der Waals surface area contributed by atoms with Crippen molar-refractivity contribution in [3.63, 3.8) is 0 Å². The first-order chi connectivity index (χ1) is 12.6. The van der Waals surface area contributed by atoms with Crippen molar-refractivity contribution in [2.75, 3.05) is 45.3 Å². The fourth-order valence-electron chi connectivity index (χ4n) is 2.80. The van der Waals surface area contributed by atoms with Gasteiger partial charge in [-0.1, -0.05) is 6.42 Å². The molecular formula is C17H25N3O6. The van der Waals surface area contributed by atoms with Gasteiger partial charge in [-0.15, -0.1) is 10.1 Å². The molecule has 0 bridgehead atoms. The van der Waals surface area contributed by atoms with Gasteiger partial charge >= 0.3 is 0 Å². The molecule has 1 aliphatic heterocycles. The third-order valence-corrected chi connectivity index (χ3v) is 4.10. The number of nitrogens with zero attached hydrogens (tertiary/aromatic N) is 2. The second kappa shape index (κ2) is 10.4. The second-order valence-corrected chi connectivity index (χ2v) is 5.97. The van der Waals surface area contributed by atoms with Gasteiger partial charge in [0, 0.05) is 19.0 Å². The highest BCUT2D eigenvalue weighted by atomic mass is 17.0. The number of benzene rings is 1. The predicted octanol–water partition coefficient (Wildman–Crippen LogP) is 2.10. The van der Waals surface area contributed by atoms with Crippen LogP contribution in [-0.4, -0.2) is 55.9 Å². The maximum atomic E-state index is 12.2. The molecule has 0 unspecified atom stereocenters. The van der Waals surface area contributed by atoms with E-state index >= 15 is 0 Å². The number of methoxy groups -OCH3 is 1. The predicted molar refractivity (Wildman–Crippen MR) is 95.0 cm³/mol. The Balaban J connectivity index is 1.85. The largest absolute Gasteiger partial charge is 0.495 e. The van der Waals surface area contributed by atoms with E-state index < -0.39 is 5.09 Å². The molecule has 0 aliphatic carbocycles. The van der Waals surface area contributed by atoms with Crippen molar-refractivity contribution in [3.05, 3.63) is 28.3 Å². The molecule has 9 nitrogen and oxygen atoms in total. The van der Waals surface area contributed by atoms with E-state index in [0.29, 0.717) is 23.6 Å². The molecule has 1 heterocycles. The summed E-state index contributed by atoms with van der Waals surface area (Å²) in [5.74, 6) is 0.886. The summed E-state index contributed by atoms with van der Waals surface area (Å²) in [5, 5.41) is 12.1. The lowest BCUT2D eigenvalue weighted by Gasteiger charge is -2.26. The summed E-state index contributed by atoms with van der Waals surface area (Å²) in [4.78, 5) is 28.8. The molecule has 1 N–H and O–H groups in total. The zero-order valence-corrected chi connectivity index (χ0v) is 14.9. The van der Waals surface area contributed by atoms with Crippen LogP contribution in [0.1, 0.15) is 25.7 Å². The number of anilines is 1. The quantitative estimate of drug-likeness (QED) is 0.384. The van der Waals surface area contributed by atoms with Crippen molar-refractivity contribution in [1.29, 1.82) is 0 Å². The van der Waals surface area contributed by atoms with E-state index in [1.807, 2.05) is 0 Å². The van der Waals surface area contributed by atoms with E-state index in [1.54, 1.807) is 18.2 Å². The molecule has 0 radical (unpaired) electrons. The summed E-state index contributed by atoms with van der Waals surface area (Å²) in [6.45, 7) is 2.69. The second-order valence-electron chi connectivity index (χ2n) is 5.97. The van der Waals surface area contributed by atoms with Crippen LogP contribution in [0.3, 0.4) is 0 Å². The molecule has 26 heavy (non-hydrogen) atoms. The van der Waals surface area contributed by atoms with Gasteiger partial charge in [-0.05, 0) is 38.1 Å². The number of amides is 1. The molecule has 2 rings (SSSR count). The first-order valence-electron chi connectivity index (χ1n) is 8.69. The van der Waals surface area contributed by atoms with Gasteiger partial charge in [0.2, 0.25) is 5.91 Å². The summed E-state index contributed by atoms with van der Waals surface area (Å²) in [5.41, 5.74) is 0.504. The summed E-state index contributed by atoms with van der Waals surface area (Å²) in [6, 6.07) is 4.96. The van der Waals surface area contributed by atoms with Crippen molar-refractivity contribution < 1.29 is 24.2 Å². The molecule has 0 atom stereocenters. The Morgan fingerprint density at radius 1 is 1.27 bits per heavy atom. The van der Waals surface area contributed by atoms with Crippen LogP contribution in [0, 0.1) is 10.1 Å². The molecule has 1 amide bonds. The SMILES string of the molecule is COc1ccc(OCCO[N+](=O)[O-])cc1NC(=O)CCN1CCCCC1. The summed E-state index contributed by atoms with van der Waals surface area (Å²) < 4.78 is 10.6. The molecule has 0 spiro atoms. The number of piperidine rings is 1. The first-order valence-corrected chi connectivity index (χ1v) is 8.69. The van der Waals surface area contributed by atoms with Gasteiger partial charge in [0.05, 0.1) is 12.8 Å². The Morgan fingerprint density at radius 2 is 2.04 bits per heavy atom. The Bertz CT molecular complexity index is 604. The average Bonchev–Trinajstić information content (AvgIpc) is 2.64. The van der Waals surface area contributed by atoms with Crippen molar-refractivity contribution in [3.8, 4) is 11.5 Å². The maximum absolute atomic E-state index is 12.2. The average molecular weight is 367 g/mol. The van der Waals surface area contributed by atoms with Crippen molar-refractivity contribution >= 4 is 11.6 Å². The Labute approximate surface area is 152 Å². The zero-order valence-electron chi connectivity index (χ0n) is 14.9. The summed E-state index contributed by atoms with van der Waals surface area (Å²) in [6.07, 6.45) is 4.05. The molecule has 1 aromatic carbocycles. The maximum Gasteiger partial charge on any atom is 0.294 e. The number of carbonyl (C=O) groups is 1. The van der Waals surface area contributed by atoms with Crippen molar-refractivity contribution in [2.24, 2.45) is 0 Å². The van der Waals surface area contributed by atoms with Gasteiger partial charge in [0.15, 0.2) is 0 Å². The fraction of sp³-hybridized carbons (Fsp3) is 0.588. The minimum atomic E-state index is -0.870. The lowest BCUT2D eigenvalue weighted by molar-refractivity contribution is -0.757. The summed E-state index contributed by atoms with van der Waals surface area (Å²) in [7, 11) is 1.52. The van der Waals surface area contributed by atoms with Crippen LogP contribution in [0.25, 0.3) is 0 Å². The van der Waals surface area contributed by atoms with E-state index in [0.717, 1.165) is 19.6 Å². The van der Waals surface area contributed by atoms with Crippen LogP contribution in [0.2, 0.25) is 0 Å². The number of hydrogen-bond acceptors (Lipinski definition) is 7. The number of nitrogens with one attached hydrogen (secondary N) is 1. The Kier molecular flexibility index (Phi) is 7.94. The van der Waals surface area contributed by atoms with Crippen LogP contribution in [0.5, 0.6) is 11.5 Å². The molecule has 1 aliphatic rings. The highest BCUT2D eigenvalue weighted by Gasteiger charge is 2.13. The van der Waals surface area contributed by atoms with E-state index in [2.05, 4.69) is 15.1 Å². The van der Waals surface area contributed by atoms with E-state index in [1.165, 1.54) is 26.4 Å². The number of hydrogen-bond donors (Lipinski definition) is 1. The topological polar surface area (TPSA) is 103 Å². The van der Waals surface area contributed by atoms with Crippen LogP contribution in [0.15, 0.2) is 18.2 Å². The van der Waals surface area contributed by atoms with E-state index in [-0.39, 0.29) is 19.1 Å². The molecule has 1 saturated heterocycles. The Hall–Kier alpha value is -2.55. The van der Waals surface area contributed by atoms with Crippen LogP contribution in [0.4, 0.5) is 5.69 Å². The minimum absolute atomic E-state index is 0.0235. The van der Waals surface area contributed by atoms with Crippen molar-refractivity contribution in [1.82, 2.24) is 4.90 Å². The van der Waals surface area contributed by atoms with Gasteiger partial charge in [-0.25, -0.2) is 0 Å². The van der Waals surface area contributed by atoms with Crippen LogP contribution < -0.4 is 14.8 Å². The smallest absolute Gasteiger partial charge is 0.294 e. The van der Waals surface area contributed by atoms with E-state index in [9.17, 15) is 14.9 Å². The molecule has 0 saturated carbocycles. The van der Waals surface area contributed by atoms with Crippen LogP contribution in [-0.2, 0) is 9.63 Å². The highest BCUT2D eigenvalue weighted by Crippen LogP contribution is 2.29. The van der Waals surface area contributed by atoms with Gasteiger partial charge in [-0.3, -0.25) is 4.79 Å². The number of carbonyl (C=O) groups excluding carboxylic acids is 1. The number of ether oxygens (including phenoxy) is 2. The third-order valence-electron chi connectivity index (χ3n) is 4.10. The summed E-state index contributed by atoms with van der Waals surface area (Å²) >= 11 is 0. The normalized spacial score (nSPS) is 14.5. The molecule has 1 aromatic rings. The monoisotopic (exact) mass is 367 g/mol. The zero-order chi connectivity index (χ0) is 18.8. The molecule has 1 fully saturated rings. The van der Waals surface area contributed by atoms with Crippen molar-refractivity contribution in [2.45, 2.75) is 25.7 Å². The molecule has 9 heteroatoms. The lowest BCUT2D eigenvalue weighted by atomic mass is 10.1.